The summed E-state index contributed by atoms with van der Waals surface area (Å²) in [7, 11) is -4.14. The fourth-order valence-electron chi connectivity index (χ4n) is 4.64. The third kappa shape index (κ3) is 3.33. The van der Waals surface area contributed by atoms with E-state index in [4.69, 9.17) is 16.3 Å². The Morgan fingerprint density at radius 1 is 1.17 bits per heavy atom. The molecule has 9 heteroatoms. The molecule has 1 aliphatic heterocycles. The van der Waals surface area contributed by atoms with E-state index in [1.165, 1.54) is 31.2 Å². The van der Waals surface area contributed by atoms with E-state index in [0.717, 1.165) is 23.9 Å². The van der Waals surface area contributed by atoms with E-state index in [2.05, 4.69) is 0 Å². The van der Waals surface area contributed by atoms with Gasteiger partial charge in [-0.05, 0) is 55.7 Å². The van der Waals surface area contributed by atoms with Crippen LogP contribution in [0.15, 0.2) is 41.3 Å². The van der Waals surface area contributed by atoms with Crippen molar-refractivity contribution < 1.29 is 26.7 Å². The Hall–Kier alpha value is -1.64. The van der Waals surface area contributed by atoms with Gasteiger partial charge in [0.2, 0.25) is 0 Å². The van der Waals surface area contributed by atoms with Crippen LogP contribution in [0.25, 0.3) is 0 Å². The van der Waals surface area contributed by atoms with Gasteiger partial charge in [-0.3, -0.25) is 4.79 Å². The molecule has 1 fully saturated rings. The summed E-state index contributed by atoms with van der Waals surface area (Å²) in [4.78, 5) is 11.6. The van der Waals surface area contributed by atoms with Gasteiger partial charge in [0.15, 0.2) is 26.5 Å². The first-order valence-corrected chi connectivity index (χ1v) is 12.2. The molecule has 0 aromatic heterocycles. The second kappa shape index (κ2) is 7.80. The fourth-order valence-corrected chi connectivity index (χ4v) is 8.17. The second-order valence-corrected chi connectivity index (χ2v) is 11.7. The summed E-state index contributed by atoms with van der Waals surface area (Å²) in [5.41, 5.74) is -0.250. The first kappa shape index (κ1) is 21.6. The van der Waals surface area contributed by atoms with Crippen molar-refractivity contribution in [1.82, 2.24) is 0 Å². The van der Waals surface area contributed by atoms with Gasteiger partial charge in [0, 0.05) is 23.1 Å². The molecule has 0 N–H and O–H groups in total. The zero-order valence-corrected chi connectivity index (χ0v) is 18.4. The first-order chi connectivity index (χ1) is 14.2. The molecule has 2 aromatic rings. The van der Waals surface area contributed by atoms with Gasteiger partial charge >= 0.3 is 0 Å². The van der Waals surface area contributed by atoms with Gasteiger partial charge in [-0.2, -0.15) is 0 Å². The number of thioether (sulfide) groups is 1. The van der Waals surface area contributed by atoms with E-state index in [1.54, 1.807) is 0 Å². The van der Waals surface area contributed by atoms with E-state index >= 15 is 4.39 Å². The van der Waals surface area contributed by atoms with Crippen molar-refractivity contribution in [1.29, 1.82) is 0 Å². The largest absolute Gasteiger partial charge is 0.490 e. The van der Waals surface area contributed by atoms with Crippen molar-refractivity contribution in [2.24, 2.45) is 5.92 Å². The topological polar surface area (TPSA) is 60.4 Å². The van der Waals surface area contributed by atoms with E-state index in [0.29, 0.717) is 17.9 Å². The SMILES string of the molecule is CC(=O)S[C@@H]1CCC2(S(=O)(=O)c3ccc(Cl)cc3)c3c(F)ccc(F)c3OC[C@H]2C1. The van der Waals surface area contributed by atoms with Crippen LogP contribution in [0.2, 0.25) is 5.02 Å². The fraction of sp³-hybridized carbons (Fsp3) is 0.381. The smallest absolute Gasteiger partial charge is 0.188 e. The highest BCUT2D eigenvalue weighted by molar-refractivity contribution is 8.14. The predicted molar refractivity (Wildman–Crippen MR) is 112 cm³/mol. The lowest BCUT2D eigenvalue weighted by atomic mass is 9.73. The number of hydrogen-bond acceptors (Lipinski definition) is 5. The van der Waals surface area contributed by atoms with Crippen LogP contribution >= 0.6 is 23.4 Å². The highest BCUT2D eigenvalue weighted by Gasteiger charge is 2.59. The van der Waals surface area contributed by atoms with Crippen LogP contribution in [-0.2, 0) is 19.4 Å². The molecule has 1 heterocycles. The quantitative estimate of drug-likeness (QED) is 0.620. The number of rotatable bonds is 3. The highest BCUT2D eigenvalue weighted by atomic mass is 35.5. The van der Waals surface area contributed by atoms with E-state index in [1.807, 2.05) is 0 Å². The second-order valence-electron chi connectivity index (χ2n) is 7.59. The summed E-state index contributed by atoms with van der Waals surface area (Å²) >= 11 is 7.07. The number of ether oxygens (including phenoxy) is 1. The van der Waals surface area contributed by atoms with Crippen LogP contribution in [0.1, 0.15) is 31.7 Å². The Bertz CT molecular complexity index is 1100. The van der Waals surface area contributed by atoms with Gasteiger partial charge in [-0.25, -0.2) is 17.2 Å². The maximum absolute atomic E-state index is 15.1. The van der Waals surface area contributed by atoms with Crippen LogP contribution < -0.4 is 4.74 Å². The standard InChI is InChI=1S/C21H19ClF2O4S2/c1-12(25)29-15-8-9-21(30(26,27)16-4-2-14(22)3-5-16)13(10-15)11-28-20-18(24)7-6-17(23)19(20)21/h2-7,13,15H,8-11H2,1H3/t13-,15-,21?/m1/s1. The Labute approximate surface area is 182 Å². The number of halogens is 3. The third-order valence-corrected chi connectivity index (χ3v) is 9.83. The molecule has 0 amide bonds. The van der Waals surface area contributed by atoms with E-state index in [9.17, 15) is 17.6 Å². The molecule has 160 valence electrons. The molecular formula is C21H19ClF2O4S2. The summed E-state index contributed by atoms with van der Waals surface area (Å²) in [6.45, 7) is 1.38. The summed E-state index contributed by atoms with van der Waals surface area (Å²) in [5, 5.41) is 0.194. The Kier molecular flexibility index (Phi) is 5.61. The molecule has 0 radical (unpaired) electrons. The minimum atomic E-state index is -4.14. The number of fused-ring (bicyclic) bond motifs is 3. The number of hydrogen-bond donors (Lipinski definition) is 0. The molecule has 0 bridgehead atoms. The van der Waals surface area contributed by atoms with Gasteiger partial charge < -0.3 is 4.74 Å². The van der Waals surface area contributed by atoms with Gasteiger partial charge in [0.25, 0.3) is 0 Å². The number of carbonyl (C=O) groups excluding carboxylic acids is 1. The Morgan fingerprint density at radius 2 is 1.83 bits per heavy atom. The van der Waals surface area contributed by atoms with Gasteiger partial charge in [-0.1, -0.05) is 23.4 Å². The highest BCUT2D eigenvalue weighted by Crippen LogP contribution is 2.57. The van der Waals surface area contributed by atoms with Crippen molar-refractivity contribution in [3.63, 3.8) is 0 Å². The average molecular weight is 473 g/mol. The molecular weight excluding hydrogens is 454 g/mol. The minimum Gasteiger partial charge on any atom is -0.490 e. The third-order valence-electron chi connectivity index (χ3n) is 5.89. The summed E-state index contributed by atoms with van der Waals surface area (Å²) < 4.78 is 61.4. The minimum absolute atomic E-state index is 0.00826. The van der Waals surface area contributed by atoms with E-state index < -0.39 is 32.1 Å². The summed E-state index contributed by atoms with van der Waals surface area (Å²) in [6, 6.07) is 7.56. The van der Waals surface area contributed by atoms with Crippen LogP contribution in [0, 0.1) is 17.6 Å². The molecule has 1 unspecified atom stereocenters. The lowest BCUT2D eigenvalue weighted by Crippen LogP contribution is -2.52. The molecule has 0 saturated heterocycles. The van der Waals surface area contributed by atoms with Crippen molar-refractivity contribution in [3.05, 3.63) is 58.6 Å². The van der Waals surface area contributed by atoms with Crippen molar-refractivity contribution in [2.45, 2.75) is 41.1 Å². The molecule has 3 atom stereocenters. The number of benzene rings is 2. The van der Waals surface area contributed by atoms with Gasteiger partial charge in [0.1, 0.15) is 10.6 Å². The zero-order chi connectivity index (χ0) is 21.7. The van der Waals surface area contributed by atoms with Crippen LogP contribution in [0.3, 0.4) is 0 Å². The molecule has 1 aliphatic carbocycles. The Morgan fingerprint density at radius 3 is 2.50 bits per heavy atom. The summed E-state index contributed by atoms with van der Waals surface area (Å²) in [6.07, 6.45) is 0.778. The lowest BCUT2D eigenvalue weighted by Gasteiger charge is -2.48. The average Bonchev–Trinajstić information content (AvgIpc) is 2.70. The lowest BCUT2D eigenvalue weighted by molar-refractivity contribution is -0.109. The first-order valence-electron chi connectivity index (χ1n) is 9.45. The molecule has 2 aliphatic rings. The van der Waals surface area contributed by atoms with E-state index in [-0.39, 0.29) is 39.6 Å². The number of sulfone groups is 1. The predicted octanol–water partition coefficient (Wildman–Crippen LogP) is 5.13. The van der Waals surface area contributed by atoms with Crippen LogP contribution in [0.5, 0.6) is 5.75 Å². The molecule has 30 heavy (non-hydrogen) atoms. The maximum atomic E-state index is 15.1. The van der Waals surface area contributed by atoms with Crippen LogP contribution in [0.4, 0.5) is 8.78 Å². The maximum Gasteiger partial charge on any atom is 0.188 e. The van der Waals surface area contributed by atoms with Crippen molar-refractivity contribution >= 4 is 38.3 Å². The monoisotopic (exact) mass is 472 g/mol. The van der Waals surface area contributed by atoms with Gasteiger partial charge in [-0.15, -0.1) is 0 Å². The molecule has 4 nitrogen and oxygen atoms in total. The molecule has 2 aromatic carbocycles. The molecule has 1 saturated carbocycles. The van der Waals surface area contributed by atoms with Gasteiger partial charge in [0.05, 0.1) is 17.1 Å². The normalized spacial score (nSPS) is 25.7. The molecule has 0 spiro atoms. The van der Waals surface area contributed by atoms with Crippen molar-refractivity contribution in [3.8, 4) is 5.75 Å². The number of carbonyl (C=O) groups is 1. The van der Waals surface area contributed by atoms with Crippen LogP contribution in [-0.4, -0.2) is 25.4 Å². The van der Waals surface area contributed by atoms with Crippen molar-refractivity contribution in [2.75, 3.05) is 6.61 Å². The Balaban J connectivity index is 1.93. The molecule has 4 rings (SSSR count). The summed E-state index contributed by atoms with van der Waals surface area (Å²) in [5.74, 6) is -2.59. The zero-order valence-electron chi connectivity index (χ0n) is 16.0.